The van der Waals surface area contributed by atoms with Crippen LogP contribution in [0.2, 0.25) is 0 Å². The summed E-state index contributed by atoms with van der Waals surface area (Å²) >= 11 is 0. The quantitative estimate of drug-likeness (QED) is 0.774. The van der Waals surface area contributed by atoms with Gasteiger partial charge in [-0.1, -0.05) is 48.5 Å². The summed E-state index contributed by atoms with van der Waals surface area (Å²) in [4.78, 5) is 12.7. The zero-order chi connectivity index (χ0) is 17.8. The van der Waals surface area contributed by atoms with Gasteiger partial charge in [0.1, 0.15) is 6.04 Å². The Morgan fingerprint density at radius 1 is 0.962 bits per heavy atom. The Kier molecular flexibility index (Phi) is 5.32. The fraction of sp³-hybridized carbons (Fsp3) is 0.409. The van der Waals surface area contributed by atoms with E-state index in [0.29, 0.717) is 17.9 Å². The Hall–Kier alpha value is -2.17. The predicted octanol–water partition coefficient (Wildman–Crippen LogP) is 3.52. The third-order valence-electron chi connectivity index (χ3n) is 5.87. The third-order valence-corrected chi connectivity index (χ3v) is 5.87. The number of rotatable bonds is 5. The van der Waals surface area contributed by atoms with Crippen LogP contribution in [-0.4, -0.2) is 18.0 Å². The van der Waals surface area contributed by atoms with Crippen LogP contribution in [-0.2, 0) is 11.2 Å². The average Bonchev–Trinajstić information content (AvgIpc) is 3.11. The second-order valence-corrected chi connectivity index (χ2v) is 7.60. The van der Waals surface area contributed by atoms with E-state index >= 15 is 0 Å². The van der Waals surface area contributed by atoms with Crippen LogP contribution in [0.1, 0.15) is 31.2 Å². The van der Waals surface area contributed by atoms with Crippen molar-refractivity contribution in [2.24, 2.45) is 11.8 Å². The third kappa shape index (κ3) is 3.97. The van der Waals surface area contributed by atoms with Crippen LogP contribution in [0.15, 0.2) is 60.7 Å². The van der Waals surface area contributed by atoms with Crippen LogP contribution in [0.5, 0.6) is 0 Å². The number of aryl methyl sites for hydroxylation is 1. The SMILES string of the molecule is O=C(Nc1ccccc1)C1NNC2CCC(CCc3ccccc3)CC21. The lowest BCUT2D eigenvalue weighted by molar-refractivity contribution is -0.119. The highest BCUT2D eigenvalue weighted by molar-refractivity contribution is 5.95. The van der Waals surface area contributed by atoms with E-state index in [-0.39, 0.29) is 11.9 Å². The van der Waals surface area contributed by atoms with Crippen LogP contribution in [0, 0.1) is 11.8 Å². The summed E-state index contributed by atoms with van der Waals surface area (Å²) in [5.41, 5.74) is 8.88. The van der Waals surface area contributed by atoms with Crippen molar-refractivity contribution in [3.05, 3.63) is 66.2 Å². The van der Waals surface area contributed by atoms with Gasteiger partial charge in [0.2, 0.25) is 5.91 Å². The van der Waals surface area contributed by atoms with Crippen LogP contribution < -0.4 is 16.2 Å². The van der Waals surface area contributed by atoms with Gasteiger partial charge in [0.15, 0.2) is 0 Å². The number of carbonyl (C=O) groups is 1. The molecular weight excluding hydrogens is 322 g/mol. The second kappa shape index (κ2) is 8.02. The maximum Gasteiger partial charge on any atom is 0.243 e. The standard InChI is InChI=1S/C22H27N3O/c26-22(23-18-9-5-2-6-10-18)21-19-15-17(13-14-20(19)24-25-21)12-11-16-7-3-1-4-8-16/h1-10,17,19-21,24-25H,11-15H2,(H,23,26). The molecule has 1 heterocycles. The van der Waals surface area contributed by atoms with Crippen molar-refractivity contribution in [3.8, 4) is 0 Å². The number of anilines is 1. The molecule has 26 heavy (non-hydrogen) atoms. The Morgan fingerprint density at radius 2 is 1.69 bits per heavy atom. The molecule has 4 atom stereocenters. The maximum atomic E-state index is 12.7. The van der Waals surface area contributed by atoms with E-state index in [0.717, 1.165) is 24.9 Å². The number of nitrogens with one attached hydrogen (secondary N) is 3. The van der Waals surface area contributed by atoms with E-state index in [4.69, 9.17) is 0 Å². The molecule has 1 amide bonds. The molecule has 1 aliphatic heterocycles. The van der Waals surface area contributed by atoms with Gasteiger partial charge in [-0.2, -0.15) is 0 Å². The normalized spacial score (nSPS) is 27.7. The van der Waals surface area contributed by atoms with Crippen molar-refractivity contribution in [3.63, 3.8) is 0 Å². The average molecular weight is 349 g/mol. The minimum atomic E-state index is -0.153. The van der Waals surface area contributed by atoms with Gasteiger partial charge in [-0.15, -0.1) is 0 Å². The monoisotopic (exact) mass is 349 g/mol. The molecule has 4 rings (SSSR count). The van der Waals surface area contributed by atoms with Gasteiger partial charge < -0.3 is 5.32 Å². The molecule has 2 fully saturated rings. The van der Waals surface area contributed by atoms with Crippen molar-refractivity contribution in [2.45, 2.75) is 44.2 Å². The molecule has 4 heteroatoms. The zero-order valence-electron chi connectivity index (χ0n) is 15.0. The Morgan fingerprint density at radius 3 is 2.46 bits per heavy atom. The Balaban J connectivity index is 1.35. The lowest BCUT2D eigenvalue weighted by atomic mass is 9.74. The van der Waals surface area contributed by atoms with Crippen molar-refractivity contribution in [1.82, 2.24) is 10.9 Å². The summed E-state index contributed by atoms with van der Waals surface area (Å²) in [6.07, 6.45) is 5.84. The van der Waals surface area contributed by atoms with Crippen molar-refractivity contribution >= 4 is 11.6 Å². The van der Waals surface area contributed by atoms with E-state index in [1.54, 1.807) is 0 Å². The molecule has 1 saturated carbocycles. The summed E-state index contributed by atoms with van der Waals surface area (Å²) in [5, 5.41) is 3.05. The van der Waals surface area contributed by atoms with Crippen LogP contribution >= 0.6 is 0 Å². The molecule has 3 N–H and O–H groups in total. The van der Waals surface area contributed by atoms with E-state index in [1.807, 2.05) is 30.3 Å². The lowest BCUT2D eigenvalue weighted by Crippen LogP contribution is -2.42. The molecule has 0 spiro atoms. The van der Waals surface area contributed by atoms with Gasteiger partial charge in [-0.05, 0) is 55.7 Å². The maximum absolute atomic E-state index is 12.7. The van der Waals surface area contributed by atoms with E-state index in [2.05, 4.69) is 46.5 Å². The molecule has 4 unspecified atom stereocenters. The van der Waals surface area contributed by atoms with Gasteiger partial charge in [0.05, 0.1) is 0 Å². The molecule has 0 radical (unpaired) electrons. The Labute approximate surface area is 155 Å². The van der Waals surface area contributed by atoms with Gasteiger partial charge >= 0.3 is 0 Å². The van der Waals surface area contributed by atoms with Crippen LogP contribution in [0.4, 0.5) is 5.69 Å². The highest BCUT2D eigenvalue weighted by Gasteiger charge is 2.43. The summed E-state index contributed by atoms with van der Waals surface area (Å²) in [6.45, 7) is 0. The first-order valence-electron chi connectivity index (χ1n) is 9.70. The molecule has 2 aromatic carbocycles. The number of hydrogen-bond acceptors (Lipinski definition) is 3. The molecule has 1 saturated heterocycles. The molecule has 0 bridgehead atoms. The summed E-state index contributed by atoms with van der Waals surface area (Å²) in [6, 6.07) is 20.7. The number of amides is 1. The largest absolute Gasteiger partial charge is 0.325 e. The summed E-state index contributed by atoms with van der Waals surface area (Å²) in [5.74, 6) is 1.14. The predicted molar refractivity (Wildman–Crippen MR) is 105 cm³/mol. The lowest BCUT2D eigenvalue weighted by Gasteiger charge is -2.32. The number of fused-ring (bicyclic) bond motifs is 1. The summed E-state index contributed by atoms with van der Waals surface area (Å²) < 4.78 is 0. The highest BCUT2D eigenvalue weighted by atomic mass is 16.2. The first-order chi connectivity index (χ1) is 12.8. The minimum Gasteiger partial charge on any atom is -0.325 e. The zero-order valence-corrected chi connectivity index (χ0v) is 15.0. The topological polar surface area (TPSA) is 53.2 Å². The molecule has 0 aromatic heterocycles. The number of benzene rings is 2. The first kappa shape index (κ1) is 17.3. The first-order valence-corrected chi connectivity index (χ1v) is 9.70. The van der Waals surface area contributed by atoms with Crippen molar-refractivity contribution < 1.29 is 4.79 Å². The van der Waals surface area contributed by atoms with Gasteiger partial charge in [0, 0.05) is 17.6 Å². The summed E-state index contributed by atoms with van der Waals surface area (Å²) in [7, 11) is 0. The molecule has 2 aromatic rings. The van der Waals surface area contributed by atoms with Crippen LogP contribution in [0.3, 0.4) is 0 Å². The number of para-hydroxylation sites is 1. The van der Waals surface area contributed by atoms with Gasteiger partial charge in [-0.3, -0.25) is 10.2 Å². The number of hydrogen-bond donors (Lipinski definition) is 3. The van der Waals surface area contributed by atoms with Crippen molar-refractivity contribution in [2.75, 3.05) is 5.32 Å². The van der Waals surface area contributed by atoms with Gasteiger partial charge in [0.25, 0.3) is 0 Å². The highest BCUT2D eigenvalue weighted by Crippen LogP contribution is 2.36. The van der Waals surface area contributed by atoms with E-state index < -0.39 is 0 Å². The van der Waals surface area contributed by atoms with Gasteiger partial charge in [-0.25, -0.2) is 5.43 Å². The second-order valence-electron chi connectivity index (χ2n) is 7.60. The minimum absolute atomic E-state index is 0.0694. The fourth-order valence-corrected chi connectivity index (χ4v) is 4.43. The molecular formula is C22H27N3O. The van der Waals surface area contributed by atoms with Crippen LogP contribution in [0.25, 0.3) is 0 Å². The van der Waals surface area contributed by atoms with Crippen molar-refractivity contribution in [1.29, 1.82) is 0 Å². The Bertz CT molecular complexity index is 719. The molecule has 1 aliphatic carbocycles. The molecule has 4 nitrogen and oxygen atoms in total. The molecule has 136 valence electrons. The van der Waals surface area contributed by atoms with E-state index in [1.165, 1.54) is 18.4 Å². The smallest absolute Gasteiger partial charge is 0.243 e. The van der Waals surface area contributed by atoms with E-state index in [9.17, 15) is 4.79 Å². The fourth-order valence-electron chi connectivity index (χ4n) is 4.43. The number of carbonyl (C=O) groups excluding carboxylic acids is 1. The molecule has 2 aliphatic rings. The number of hydrazine groups is 1.